The molecule has 0 N–H and O–H groups in total. The maximum atomic E-state index is 8.75. The quantitative estimate of drug-likeness (QED) is 0.805. The van der Waals surface area contributed by atoms with E-state index < -0.39 is 0 Å². The van der Waals surface area contributed by atoms with E-state index in [9.17, 15) is 0 Å². The van der Waals surface area contributed by atoms with Gasteiger partial charge in [-0.25, -0.2) is 0 Å². The van der Waals surface area contributed by atoms with Crippen molar-refractivity contribution in [1.29, 1.82) is 5.26 Å². The standard InChI is InChI=1S/C13H11NOS/c14-8-11-3-1-4-12(7-11)9-15-10-13-5-2-6-16-13/h1-7H,9-10H2. The summed E-state index contributed by atoms with van der Waals surface area (Å²) < 4.78 is 5.56. The third-order valence-corrected chi connectivity index (χ3v) is 3.00. The summed E-state index contributed by atoms with van der Waals surface area (Å²) in [6.07, 6.45) is 0. The van der Waals surface area contributed by atoms with Gasteiger partial charge in [0.15, 0.2) is 0 Å². The summed E-state index contributed by atoms with van der Waals surface area (Å²) in [6, 6.07) is 13.7. The van der Waals surface area contributed by atoms with Gasteiger partial charge in [-0.1, -0.05) is 18.2 Å². The monoisotopic (exact) mass is 229 g/mol. The maximum absolute atomic E-state index is 8.75. The Hall–Kier alpha value is -1.63. The summed E-state index contributed by atoms with van der Waals surface area (Å²) in [6.45, 7) is 1.18. The van der Waals surface area contributed by atoms with Gasteiger partial charge >= 0.3 is 0 Å². The van der Waals surface area contributed by atoms with Crippen molar-refractivity contribution in [1.82, 2.24) is 0 Å². The second-order valence-electron chi connectivity index (χ2n) is 3.38. The molecule has 0 bridgehead atoms. The van der Waals surface area contributed by atoms with Gasteiger partial charge in [0.25, 0.3) is 0 Å². The molecule has 0 spiro atoms. The van der Waals surface area contributed by atoms with Crippen LogP contribution >= 0.6 is 11.3 Å². The summed E-state index contributed by atoms with van der Waals surface area (Å²) in [4.78, 5) is 1.22. The third-order valence-electron chi connectivity index (χ3n) is 2.15. The summed E-state index contributed by atoms with van der Waals surface area (Å²) in [5.74, 6) is 0. The zero-order valence-electron chi connectivity index (χ0n) is 8.72. The van der Waals surface area contributed by atoms with Crippen molar-refractivity contribution < 1.29 is 4.74 Å². The van der Waals surface area contributed by atoms with Crippen LogP contribution in [0, 0.1) is 11.3 Å². The number of nitrogens with zero attached hydrogens (tertiary/aromatic N) is 1. The molecule has 1 aromatic heterocycles. The van der Waals surface area contributed by atoms with Crippen LogP contribution in [0.4, 0.5) is 0 Å². The Morgan fingerprint density at radius 3 is 2.88 bits per heavy atom. The van der Waals surface area contributed by atoms with Crippen LogP contribution in [-0.4, -0.2) is 0 Å². The molecule has 0 aliphatic rings. The van der Waals surface area contributed by atoms with Crippen LogP contribution in [0.3, 0.4) is 0 Å². The van der Waals surface area contributed by atoms with Crippen molar-refractivity contribution in [3.8, 4) is 6.07 Å². The molecule has 0 aliphatic heterocycles. The summed E-state index contributed by atoms with van der Waals surface area (Å²) in [5, 5.41) is 10.8. The SMILES string of the molecule is N#Cc1cccc(COCc2cccs2)c1. The van der Waals surface area contributed by atoms with Gasteiger partial charge < -0.3 is 4.74 Å². The Balaban J connectivity index is 1.88. The number of hydrogen-bond acceptors (Lipinski definition) is 3. The lowest BCUT2D eigenvalue weighted by Gasteiger charge is -2.02. The van der Waals surface area contributed by atoms with E-state index in [-0.39, 0.29) is 0 Å². The normalized spacial score (nSPS) is 9.94. The van der Waals surface area contributed by atoms with Crippen molar-refractivity contribution in [3.63, 3.8) is 0 Å². The maximum Gasteiger partial charge on any atom is 0.0991 e. The predicted octanol–water partition coefficient (Wildman–Crippen LogP) is 3.34. The molecule has 2 nitrogen and oxygen atoms in total. The van der Waals surface area contributed by atoms with Crippen LogP contribution in [0.1, 0.15) is 16.0 Å². The van der Waals surface area contributed by atoms with Crippen LogP contribution < -0.4 is 0 Å². The molecule has 0 atom stereocenters. The van der Waals surface area contributed by atoms with Crippen molar-refractivity contribution in [2.45, 2.75) is 13.2 Å². The van der Waals surface area contributed by atoms with Crippen LogP contribution in [0.25, 0.3) is 0 Å². The molecule has 80 valence electrons. The first-order valence-electron chi connectivity index (χ1n) is 4.97. The zero-order chi connectivity index (χ0) is 11.2. The minimum Gasteiger partial charge on any atom is -0.371 e. The molecule has 3 heteroatoms. The minimum absolute atomic E-state index is 0.549. The lowest BCUT2D eigenvalue weighted by atomic mass is 10.1. The zero-order valence-corrected chi connectivity index (χ0v) is 9.54. The first-order chi connectivity index (χ1) is 7.88. The van der Waals surface area contributed by atoms with E-state index in [2.05, 4.69) is 12.1 Å². The van der Waals surface area contributed by atoms with E-state index in [0.717, 1.165) is 5.56 Å². The van der Waals surface area contributed by atoms with Crippen molar-refractivity contribution in [3.05, 3.63) is 57.8 Å². The molecule has 1 heterocycles. The first-order valence-corrected chi connectivity index (χ1v) is 5.85. The Morgan fingerprint density at radius 1 is 1.19 bits per heavy atom. The van der Waals surface area contributed by atoms with Gasteiger partial charge in [-0.15, -0.1) is 11.3 Å². The van der Waals surface area contributed by atoms with Gasteiger partial charge in [0.2, 0.25) is 0 Å². The summed E-state index contributed by atoms with van der Waals surface area (Å²) >= 11 is 1.69. The lowest BCUT2D eigenvalue weighted by Crippen LogP contribution is -1.92. The molecular weight excluding hydrogens is 218 g/mol. The summed E-state index contributed by atoms with van der Waals surface area (Å²) in [5.41, 5.74) is 1.72. The largest absolute Gasteiger partial charge is 0.371 e. The minimum atomic E-state index is 0.549. The van der Waals surface area contributed by atoms with E-state index in [1.807, 2.05) is 29.6 Å². The molecule has 1 aromatic carbocycles. The number of nitriles is 1. The van der Waals surface area contributed by atoms with E-state index in [4.69, 9.17) is 10.00 Å². The van der Waals surface area contributed by atoms with E-state index in [1.54, 1.807) is 17.4 Å². The van der Waals surface area contributed by atoms with Crippen LogP contribution in [0.2, 0.25) is 0 Å². The van der Waals surface area contributed by atoms with Gasteiger partial charge in [0.1, 0.15) is 0 Å². The Bertz CT molecular complexity index is 485. The number of hydrogen-bond donors (Lipinski definition) is 0. The van der Waals surface area contributed by atoms with Crippen LogP contribution in [-0.2, 0) is 18.0 Å². The predicted molar refractivity (Wildman–Crippen MR) is 64.0 cm³/mol. The molecule has 0 radical (unpaired) electrons. The number of ether oxygens (including phenoxy) is 1. The second kappa shape index (κ2) is 5.45. The van der Waals surface area contributed by atoms with Gasteiger partial charge in [-0.2, -0.15) is 5.26 Å². The first kappa shape index (κ1) is 10.9. The molecule has 0 aliphatic carbocycles. The number of thiophene rings is 1. The lowest BCUT2D eigenvalue weighted by molar-refractivity contribution is 0.109. The molecular formula is C13H11NOS. The average Bonchev–Trinajstić information content (AvgIpc) is 2.82. The summed E-state index contributed by atoms with van der Waals surface area (Å²) in [7, 11) is 0. The molecule has 0 saturated heterocycles. The smallest absolute Gasteiger partial charge is 0.0991 e. The third kappa shape index (κ3) is 2.93. The highest BCUT2D eigenvalue weighted by Crippen LogP contribution is 2.12. The molecule has 2 aromatic rings. The van der Waals surface area contributed by atoms with Crippen LogP contribution in [0.5, 0.6) is 0 Å². The highest BCUT2D eigenvalue weighted by Gasteiger charge is 1.97. The number of benzene rings is 1. The second-order valence-corrected chi connectivity index (χ2v) is 4.42. The molecule has 0 unspecified atom stereocenters. The Morgan fingerprint density at radius 2 is 2.12 bits per heavy atom. The number of rotatable bonds is 4. The fourth-order valence-corrected chi connectivity index (χ4v) is 2.04. The average molecular weight is 229 g/mol. The van der Waals surface area contributed by atoms with E-state index >= 15 is 0 Å². The Kier molecular flexibility index (Phi) is 3.71. The molecule has 0 amide bonds. The van der Waals surface area contributed by atoms with Gasteiger partial charge in [-0.3, -0.25) is 0 Å². The van der Waals surface area contributed by atoms with Gasteiger partial charge in [0, 0.05) is 4.88 Å². The fraction of sp³-hybridized carbons (Fsp3) is 0.154. The van der Waals surface area contributed by atoms with Crippen LogP contribution in [0.15, 0.2) is 41.8 Å². The highest BCUT2D eigenvalue weighted by atomic mass is 32.1. The fourth-order valence-electron chi connectivity index (χ4n) is 1.39. The highest BCUT2D eigenvalue weighted by molar-refractivity contribution is 7.09. The van der Waals surface area contributed by atoms with E-state index in [1.165, 1.54) is 4.88 Å². The Labute approximate surface area is 98.7 Å². The van der Waals surface area contributed by atoms with Crippen molar-refractivity contribution in [2.75, 3.05) is 0 Å². The van der Waals surface area contributed by atoms with Crippen molar-refractivity contribution in [2.24, 2.45) is 0 Å². The van der Waals surface area contributed by atoms with E-state index in [0.29, 0.717) is 18.8 Å². The molecule has 2 rings (SSSR count). The van der Waals surface area contributed by atoms with Gasteiger partial charge in [0.05, 0.1) is 24.8 Å². The molecule has 0 saturated carbocycles. The molecule has 16 heavy (non-hydrogen) atoms. The molecule has 0 fully saturated rings. The van der Waals surface area contributed by atoms with Crippen molar-refractivity contribution >= 4 is 11.3 Å². The van der Waals surface area contributed by atoms with Gasteiger partial charge in [-0.05, 0) is 29.1 Å². The topological polar surface area (TPSA) is 33.0 Å².